The Balaban J connectivity index is 1.99. The summed E-state index contributed by atoms with van der Waals surface area (Å²) in [5, 5.41) is 4.62. The Hall–Kier alpha value is -3.20. The number of carbonyl (C=O) groups excluding carboxylic acids is 2. The predicted octanol–water partition coefficient (Wildman–Crippen LogP) is 2.52. The minimum atomic E-state index is -0.681. The maximum atomic E-state index is 13.2. The van der Waals surface area contributed by atoms with E-state index in [4.69, 9.17) is 0 Å². The van der Waals surface area contributed by atoms with Crippen LogP contribution in [0.4, 0.5) is 9.18 Å². The van der Waals surface area contributed by atoms with E-state index in [1.807, 2.05) is 0 Å². The molecule has 0 saturated heterocycles. The maximum Gasteiger partial charge on any atom is 0.321 e. The van der Waals surface area contributed by atoms with E-state index in [0.717, 1.165) is 17.3 Å². The van der Waals surface area contributed by atoms with Crippen LogP contribution in [0.2, 0.25) is 0 Å². The number of urea groups is 1. The minimum Gasteiger partial charge on any atom is -0.341 e. The monoisotopic (exact) mass is 414 g/mol. The lowest BCUT2D eigenvalue weighted by Gasteiger charge is -2.16. The highest BCUT2D eigenvalue weighted by Crippen LogP contribution is 2.23. The van der Waals surface area contributed by atoms with E-state index < -0.39 is 17.2 Å². The topological polar surface area (TPSA) is 93.1 Å². The van der Waals surface area contributed by atoms with Crippen molar-refractivity contribution < 1.29 is 14.0 Å². The molecule has 0 radical (unpaired) electrons. The van der Waals surface area contributed by atoms with Gasteiger partial charge < -0.3 is 5.32 Å². The zero-order chi connectivity index (χ0) is 21.0. The molecule has 2 N–H and O–H groups in total. The lowest BCUT2D eigenvalue weighted by molar-refractivity contribution is -0.119. The predicted molar refractivity (Wildman–Crippen MR) is 109 cm³/mol. The average Bonchev–Trinajstić information content (AvgIpc) is 2.72. The van der Waals surface area contributed by atoms with Gasteiger partial charge in [-0.15, -0.1) is 0 Å². The number of fused-ring (bicyclic) bond motifs is 1. The van der Waals surface area contributed by atoms with Crippen molar-refractivity contribution in [1.82, 2.24) is 20.2 Å². The van der Waals surface area contributed by atoms with E-state index in [1.54, 1.807) is 43.3 Å². The molecule has 1 atom stereocenters. The van der Waals surface area contributed by atoms with Crippen molar-refractivity contribution in [1.29, 1.82) is 0 Å². The number of hydrogen-bond acceptors (Lipinski definition) is 5. The van der Waals surface area contributed by atoms with Gasteiger partial charge in [-0.25, -0.2) is 14.2 Å². The van der Waals surface area contributed by atoms with Gasteiger partial charge in [-0.05, 0) is 36.8 Å². The molecule has 1 heterocycles. The highest BCUT2D eigenvalue weighted by Gasteiger charge is 2.21. The molecule has 0 aliphatic heterocycles. The molecule has 3 amide bonds. The maximum absolute atomic E-state index is 13.2. The van der Waals surface area contributed by atoms with E-state index in [2.05, 4.69) is 15.6 Å². The first kappa shape index (κ1) is 20.5. The molecule has 9 heteroatoms. The van der Waals surface area contributed by atoms with Crippen LogP contribution in [0, 0.1) is 5.82 Å². The molecule has 0 aliphatic rings. The number of thioether (sulfide) groups is 1. The zero-order valence-electron chi connectivity index (χ0n) is 15.8. The Morgan fingerprint density at radius 1 is 1.17 bits per heavy atom. The third-order valence-electron chi connectivity index (χ3n) is 4.20. The van der Waals surface area contributed by atoms with Crippen molar-refractivity contribution in [3.8, 4) is 0 Å². The molecule has 0 unspecified atom stereocenters. The normalized spacial score (nSPS) is 11.8. The fourth-order valence-electron chi connectivity index (χ4n) is 2.64. The zero-order valence-corrected chi connectivity index (χ0v) is 16.6. The Kier molecular flexibility index (Phi) is 6.28. The molecule has 0 saturated carbocycles. The van der Waals surface area contributed by atoms with Gasteiger partial charge in [0.05, 0.1) is 22.7 Å². The molecule has 2 aromatic carbocycles. The number of nitrogens with zero attached hydrogens (tertiary/aromatic N) is 2. The summed E-state index contributed by atoms with van der Waals surface area (Å²) in [7, 11) is 1.41. The number of imide groups is 1. The van der Waals surface area contributed by atoms with E-state index in [9.17, 15) is 18.8 Å². The lowest BCUT2D eigenvalue weighted by atomic mass is 10.2. The first-order chi connectivity index (χ1) is 13.9. The van der Waals surface area contributed by atoms with E-state index >= 15 is 0 Å². The minimum absolute atomic E-state index is 0.170. The summed E-state index contributed by atoms with van der Waals surface area (Å²) in [5.41, 5.74) is 0.963. The summed E-state index contributed by atoms with van der Waals surface area (Å²) < 4.78 is 14.7. The molecule has 7 nitrogen and oxygen atoms in total. The molecule has 0 aliphatic carbocycles. The van der Waals surface area contributed by atoms with Crippen LogP contribution in [0.1, 0.15) is 12.5 Å². The fraction of sp³-hybridized carbons (Fsp3) is 0.200. The number of nitrogens with one attached hydrogen (secondary N) is 2. The first-order valence-corrected chi connectivity index (χ1v) is 9.70. The Morgan fingerprint density at radius 2 is 1.86 bits per heavy atom. The summed E-state index contributed by atoms with van der Waals surface area (Å²) >= 11 is 1.07. The van der Waals surface area contributed by atoms with Crippen molar-refractivity contribution in [2.24, 2.45) is 0 Å². The van der Waals surface area contributed by atoms with Crippen LogP contribution >= 0.6 is 11.8 Å². The molecule has 3 rings (SSSR count). The number of carbonyl (C=O) groups is 2. The van der Waals surface area contributed by atoms with Gasteiger partial charge in [0.25, 0.3) is 5.56 Å². The van der Waals surface area contributed by atoms with Crippen LogP contribution in [0.25, 0.3) is 10.9 Å². The van der Waals surface area contributed by atoms with Gasteiger partial charge >= 0.3 is 6.03 Å². The number of aromatic nitrogens is 2. The number of hydrogen-bond donors (Lipinski definition) is 2. The van der Waals surface area contributed by atoms with E-state index in [-0.39, 0.29) is 17.9 Å². The number of halogens is 1. The Labute approximate surface area is 170 Å². The van der Waals surface area contributed by atoms with Crippen LogP contribution in [0.15, 0.2) is 58.5 Å². The van der Waals surface area contributed by atoms with Crippen molar-refractivity contribution in [2.75, 3.05) is 7.05 Å². The largest absolute Gasteiger partial charge is 0.341 e. The first-order valence-electron chi connectivity index (χ1n) is 8.82. The second kappa shape index (κ2) is 8.87. The molecule has 0 spiro atoms. The van der Waals surface area contributed by atoms with Gasteiger partial charge in [0.15, 0.2) is 5.16 Å². The molecular weight excluding hydrogens is 395 g/mol. The fourth-order valence-corrected chi connectivity index (χ4v) is 3.55. The summed E-state index contributed by atoms with van der Waals surface area (Å²) in [6, 6.07) is 12.1. The molecule has 0 bridgehead atoms. The van der Waals surface area contributed by atoms with Gasteiger partial charge in [0.2, 0.25) is 5.91 Å². The van der Waals surface area contributed by atoms with E-state index in [1.165, 1.54) is 23.7 Å². The SMILES string of the molecule is CNC(=O)NC(=O)[C@@H](C)Sc1nc2ccccc2c(=O)n1Cc1ccc(F)cc1. The van der Waals surface area contributed by atoms with E-state index in [0.29, 0.717) is 16.1 Å². The molecular formula is C20H19FN4O3S. The molecule has 1 aromatic heterocycles. The summed E-state index contributed by atoms with van der Waals surface area (Å²) in [6.45, 7) is 1.79. The molecule has 0 fully saturated rings. The third kappa shape index (κ3) is 4.80. The number of rotatable bonds is 5. The van der Waals surface area contributed by atoms with Gasteiger partial charge in [0.1, 0.15) is 5.82 Å². The summed E-state index contributed by atoms with van der Waals surface area (Å²) in [4.78, 5) is 41.2. The average molecular weight is 414 g/mol. The summed E-state index contributed by atoms with van der Waals surface area (Å²) in [6.07, 6.45) is 0. The van der Waals surface area contributed by atoms with Crippen LogP contribution in [-0.4, -0.2) is 33.8 Å². The summed E-state index contributed by atoms with van der Waals surface area (Å²) in [5.74, 6) is -0.878. The van der Waals surface area contributed by atoms with Crippen LogP contribution in [-0.2, 0) is 11.3 Å². The lowest BCUT2D eigenvalue weighted by Crippen LogP contribution is -2.41. The Morgan fingerprint density at radius 3 is 2.55 bits per heavy atom. The molecule has 3 aromatic rings. The third-order valence-corrected chi connectivity index (χ3v) is 5.29. The van der Waals surface area contributed by atoms with Gasteiger partial charge in [-0.3, -0.25) is 19.5 Å². The van der Waals surface area contributed by atoms with Crippen LogP contribution < -0.4 is 16.2 Å². The standard InChI is InChI=1S/C20H19FN4O3S/c1-12(17(26)24-19(28)22-2)29-20-23-16-6-4-3-5-15(16)18(27)25(20)11-13-7-9-14(21)10-8-13/h3-10,12H,11H2,1-2H3,(H2,22,24,26,28)/t12-/m1/s1. The van der Waals surface area contributed by atoms with Crippen molar-refractivity contribution in [2.45, 2.75) is 23.9 Å². The quantitative estimate of drug-likeness (QED) is 0.494. The molecule has 29 heavy (non-hydrogen) atoms. The van der Waals surface area contributed by atoms with Crippen molar-refractivity contribution in [3.63, 3.8) is 0 Å². The second-order valence-electron chi connectivity index (χ2n) is 6.26. The van der Waals surface area contributed by atoms with Crippen LogP contribution in [0.3, 0.4) is 0 Å². The highest BCUT2D eigenvalue weighted by molar-refractivity contribution is 8.00. The number of para-hydroxylation sites is 1. The highest BCUT2D eigenvalue weighted by atomic mass is 32.2. The van der Waals surface area contributed by atoms with Crippen molar-refractivity contribution >= 4 is 34.6 Å². The smallest absolute Gasteiger partial charge is 0.321 e. The Bertz CT molecular complexity index is 1110. The van der Waals surface area contributed by atoms with Crippen molar-refractivity contribution in [3.05, 3.63) is 70.3 Å². The van der Waals surface area contributed by atoms with Gasteiger partial charge in [0, 0.05) is 7.05 Å². The van der Waals surface area contributed by atoms with Gasteiger partial charge in [-0.2, -0.15) is 0 Å². The molecule has 150 valence electrons. The number of benzene rings is 2. The second-order valence-corrected chi connectivity index (χ2v) is 7.57. The van der Waals surface area contributed by atoms with Gasteiger partial charge in [-0.1, -0.05) is 36.0 Å². The van der Waals surface area contributed by atoms with Crippen LogP contribution in [0.5, 0.6) is 0 Å². The number of amides is 3.